The van der Waals surface area contributed by atoms with E-state index in [1.165, 1.54) is 77.0 Å². The van der Waals surface area contributed by atoms with Gasteiger partial charge in [0, 0.05) is 0 Å². The first-order chi connectivity index (χ1) is 10.7. The van der Waals surface area contributed by atoms with Gasteiger partial charge in [0.05, 0.1) is 12.2 Å². The normalized spacial score (nSPS) is 12.0. The third-order valence-electron chi connectivity index (χ3n) is 4.79. The van der Waals surface area contributed by atoms with Gasteiger partial charge in [-0.15, -0.1) is 0 Å². The predicted molar refractivity (Wildman–Crippen MR) is 97.3 cm³/mol. The van der Waals surface area contributed by atoms with E-state index in [1.54, 1.807) is 0 Å². The minimum atomic E-state index is -0.813. The fourth-order valence-electron chi connectivity index (χ4n) is 3.11. The van der Waals surface area contributed by atoms with Crippen LogP contribution in [0.1, 0.15) is 117 Å². The van der Waals surface area contributed by atoms with E-state index in [1.807, 2.05) is 0 Å². The second kappa shape index (κ2) is 15.8. The maximum atomic E-state index is 10.5. The highest BCUT2D eigenvalue weighted by Gasteiger charge is 2.24. The Kier molecular flexibility index (Phi) is 15.7. The molecule has 2 nitrogen and oxygen atoms in total. The molecule has 0 aliphatic heterocycles. The van der Waals surface area contributed by atoms with Crippen LogP contribution in [0.4, 0.5) is 0 Å². The van der Waals surface area contributed by atoms with Gasteiger partial charge in [0.1, 0.15) is 0 Å². The molecule has 0 aromatic heterocycles. The molecule has 0 fully saturated rings. The molecule has 0 radical (unpaired) electrons. The van der Waals surface area contributed by atoms with Gasteiger partial charge in [-0.25, -0.2) is 0 Å². The lowest BCUT2D eigenvalue weighted by Crippen LogP contribution is -2.33. The standard InChI is InChI=1S/C20H42O2/c1-3-5-7-9-11-13-15-17-20(22,19-21)18-16-14-12-10-8-6-4-2/h21-22H,3-19H2,1-2H3. The van der Waals surface area contributed by atoms with Crippen molar-refractivity contribution in [3.8, 4) is 0 Å². The van der Waals surface area contributed by atoms with Crippen LogP contribution in [-0.4, -0.2) is 22.4 Å². The monoisotopic (exact) mass is 314 g/mol. The number of hydrogen-bond acceptors (Lipinski definition) is 2. The van der Waals surface area contributed by atoms with Gasteiger partial charge in [-0.3, -0.25) is 0 Å². The minimum absolute atomic E-state index is 0.0708. The van der Waals surface area contributed by atoms with E-state index in [0.717, 1.165) is 25.7 Å². The van der Waals surface area contributed by atoms with Crippen molar-refractivity contribution in [3.05, 3.63) is 0 Å². The van der Waals surface area contributed by atoms with Crippen LogP contribution < -0.4 is 0 Å². The highest BCUT2D eigenvalue weighted by Crippen LogP contribution is 2.23. The number of hydrogen-bond donors (Lipinski definition) is 2. The summed E-state index contributed by atoms with van der Waals surface area (Å²) in [5.74, 6) is 0. The lowest BCUT2D eigenvalue weighted by molar-refractivity contribution is -0.0314. The van der Waals surface area contributed by atoms with Gasteiger partial charge in [-0.05, 0) is 12.8 Å². The zero-order valence-electron chi connectivity index (χ0n) is 15.4. The van der Waals surface area contributed by atoms with Crippen LogP contribution in [0.2, 0.25) is 0 Å². The van der Waals surface area contributed by atoms with E-state index in [4.69, 9.17) is 0 Å². The summed E-state index contributed by atoms with van der Waals surface area (Å²) in [7, 11) is 0. The molecular formula is C20H42O2. The lowest BCUT2D eigenvalue weighted by Gasteiger charge is -2.26. The Hall–Kier alpha value is -0.0800. The van der Waals surface area contributed by atoms with Gasteiger partial charge >= 0.3 is 0 Å². The Morgan fingerprint density at radius 2 is 0.864 bits per heavy atom. The van der Waals surface area contributed by atoms with Crippen molar-refractivity contribution in [2.75, 3.05) is 6.61 Å². The lowest BCUT2D eigenvalue weighted by atomic mass is 9.90. The van der Waals surface area contributed by atoms with Crippen molar-refractivity contribution in [2.45, 2.75) is 122 Å². The molecule has 0 saturated heterocycles. The molecule has 2 N–H and O–H groups in total. The molecule has 0 amide bonds. The van der Waals surface area contributed by atoms with Gasteiger partial charge in [-0.2, -0.15) is 0 Å². The summed E-state index contributed by atoms with van der Waals surface area (Å²) >= 11 is 0. The first kappa shape index (κ1) is 21.9. The highest BCUT2D eigenvalue weighted by atomic mass is 16.3. The maximum Gasteiger partial charge on any atom is 0.0877 e. The first-order valence-corrected chi connectivity index (χ1v) is 10.0. The van der Waals surface area contributed by atoms with Gasteiger partial charge < -0.3 is 10.2 Å². The van der Waals surface area contributed by atoms with Crippen molar-refractivity contribution in [2.24, 2.45) is 0 Å². The fourth-order valence-corrected chi connectivity index (χ4v) is 3.11. The first-order valence-electron chi connectivity index (χ1n) is 10.0. The van der Waals surface area contributed by atoms with Gasteiger partial charge in [0.25, 0.3) is 0 Å². The molecule has 0 heterocycles. The number of rotatable bonds is 17. The quantitative estimate of drug-likeness (QED) is 0.324. The van der Waals surface area contributed by atoms with Crippen molar-refractivity contribution in [3.63, 3.8) is 0 Å². The molecule has 0 aromatic carbocycles. The van der Waals surface area contributed by atoms with Gasteiger partial charge in [0.15, 0.2) is 0 Å². The topological polar surface area (TPSA) is 40.5 Å². The molecule has 0 unspecified atom stereocenters. The second-order valence-corrected chi connectivity index (χ2v) is 7.13. The molecule has 0 aliphatic carbocycles. The van der Waals surface area contributed by atoms with Crippen LogP contribution in [0.15, 0.2) is 0 Å². The summed E-state index contributed by atoms with van der Waals surface area (Å²) in [6.07, 6.45) is 19.2. The molecule has 2 heteroatoms. The summed E-state index contributed by atoms with van der Waals surface area (Å²) in [5.41, 5.74) is -0.813. The Balaban J connectivity index is 3.54. The van der Waals surface area contributed by atoms with Crippen LogP contribution in [-0.2, 0) is 0 Å². The largest absolute Gasteiger partial charge is 0.393 e. The van der Waals surface area contributed by atoms with Crippen LogP contribution in [0.3, 0.4) is 0 Å². The smallest absolute Gasteiger partial charge is 0.0877 e. The van der Waals surface area contributed by atoms with Crippen LogP contribution >= 0.6 is 0 Å². The number of unbranched alkanes of at least 4 members (excludes halogenated alkanes) is 12. The van der Waals surface area contributed by atoms with E-state index >= 15 is 0 Å². The van der Waals surface area contributed by atoms with Crippen molar-refractivity contribution in [1.82, 2.24) is 0 Å². The maximum absolute atomic E-state index is 10.5. The number of aliphatic hydroxyl groups excluding tert-OH is 1. The minimum Gasteiger partial charge on any atom is -0.393 e. The van der Waals surface area contributed by atoms with E-state index in [9.17, 15) is 10.2 Å². The zero-order chi connectivity index (χ0) is 16.5. The van der Waals surface area contributed by atoms with E-state index in [-0.39, 0.29) is 6.61 Å². The molecule has 0 saturated carbocycles. The third-order valence-corrected chi connectivity index (χ3v) is 4.79. The predicted octanol–water partition coefficient (Wildman–Crippen LogP) is 5.99. The highest BCUT2D eigenvalue weighted by molar-refractivity contribution is 4.77. The molecule has 0 aliphatic rings. The molecule has 0 atom stereocenters. The average molecular weight is 315 g/mol. The number of aliphatic hydroxyl groups is 2. The molecule has 0 aromatic rings. The summed E-state index contributed by atoms with van der Waals surface area (Å²) < 4.78 is 0. The molecule has 0 bridgehead atoms. The van der Waals surface area contributed by atoms with E-state index in [2.05, 4.69) is 13.8 Å². The second-order valence-electron chi connectivity index (χ2n) is 7.13. The SMILES string of the molecule is CCCCCCCCCC(O)(CO)CCCCCCCCC. The van der Waals surface area contributed by atoms with Crippen molar-refractivity contribution >= 4 is 0 Å². The molecular weight excluding hydrogens is 272 g/mol. The summed E-state index contributed by atoms with van der Waals surface area (Å²) in [6.45, 7) is 4.41. The molecule has 0 rings (SSSR count). The van der Waals surface area contributed by atoms with Crippen molar-refractivity contribution in [1.29, 1.82) is 0 Å². The summed E-state index contributed by atoms with van der Waals surface area (Å²) in [6, 6.07) is 0. The van der Waals surface area contributed by atoms with Gasteiger partial charge in [-0.1, -0.05) is 104 Å². The van der Waals surface area contributed by atoms with Crippen LogP contribution in [0.5, 0.6) is 0 Å². The Labute approximate surface area is 139 Å². The molecule has 22 heavy (non-hydrogen) atoms. The zero-order valence-corrected chi connectivity index (χ0v) is 15.4. The van der Waals surface area contributed by atoms with E-state index in [0.29, 0.717) is 0 Å². The molecule has 134 valence electrons. The Morgan fingerprint density at radius 3 is 1.18 bits per heavy atom. The fraction of sp³-hybridized carbons (Fsp3) is 1.00. The van der Waals surface area contributed by atoms with Crippen LogP contribution in [0, 0.1) is 0 Å². The summed E-state index contributed by atoms with van der Waals surface area (Å²) in [5, 5.41) is 19.9. The molecule has 0 spiro atoms. The van der Waals surface area contributed by atoms with E-state index < -0.39 is 5.60 Å². The van der Waals surface area contributed by atoms with Crippen molar-refractivity contribution < 1.29 is 10.2 Å². The Morgan fingerprint density at radius 1 is 0.545 bits per heavy atom. The van der Waals surface area contributed by atoms with Crippen LogP contribution in [0.25, 0.3) is 0 Å². The van der Waals surface area contributed by atoms with Gasteiger partial charge in [0.2, 0.25) is 0 Å². The Bertz CT molecular complexity index is 198. The summed E-state index contributed by atoms with van der Waals surface area (Å²) in [4.78, 5) is 0. The third kappa shape index (κ3) is 13.6. The average Bonchev–Trinajstić information content (AvgIpc) is 2.53.